The van der Waals surface area contributed by atoms with E-state index in [1.165, 1.54) is 0 Å². The van der Waals surface area contributed by atoms with Gasteiger partial charge in [0.1, 0.15) is 5.69 Å². The molecule has 2 atom stereocenters. The molecule has 1 aliphatic rings. The van der Waals surface area contributed by atoms with Crippen LogP contribution in [0, 0.1) is 13.8 Å². The molecule has 0 aliphatic carbocycles. The van der Waals surface area contributed by atoms with Crippen molar-refractivity contribution in [1.82, 2.24) is 29.9 Å². The number of hydrogen-bond donors (Lipinski definition) is 1. The summed E-state index contributed by atoms with van der Waals surface area (Å²) >= 11 is 6.68. The summed E-state index contributed by atoms with van der Waals surface area (Å²) in [6, 6.07) is 6.81. The first-order valence-electron chi connectivity index (χ1n) is 10.2. The van der Waals surface area contributed by atoms with Crippen LogP contribution >= 0.6 is 11.6 Å². The SMILES string of the molecule is Cc1cn2nc(-c3cc(Cl)c4cc(N5CC(C)NC(C)C5)cnc4n3)cc(C)c2n1. The molecular weight excluding hydrogens is 398 g/mol. The molecule has 0 spiro atoms. The zero-order chi connectivity index (χ0) is 21.0. The van der Waals surface area contributed by atoms with Gasteiger partial charge >= 0.3 is 0 Å². The van der Waals surface area contributed by atoms with Crippen molar-refractivity contribution in [3.05, 3.63) is 46.9 Å². The predicted octanol–water partition coefficient (Wildman–Crippen LogP) is 3.80. The first-order chi connectivity index (χ1) is 14.4. The van der Waals surface area contributed by atoms with E-state index in [0.29, 0.717) is 28.4 Å². The van der Waals surface area contributed by atoms with Gasteiger partial charge in [0.25, 0.3) is 0 Å². The average Bonchev–Trinajstić information content (AvgIpc) is 3.08. The number of nitrogens with one attached hydrogen (secondary N) is 1. The Bertz CT molecular complexity index is 1260. The minimum Gasteiger partial charge on any atom is -0.367 e. The van der Waals surface area contributed by atoms with Crippen LogP contribution in [0.25, 0.3) is 28.1 Å². The van der Waals surface area contributed by atoms with Gasteiger partial charge in [0.2, 0.25) is 0 Å². The van der Waals surface area contributed by atoms with Crippen LogP contribution in [-0.2, 0) is 0 Å². The number of pyridine rings is 2. The van der Waals surface area contributed by atoms with Gasteiger partial charge in [-0.25, -0.2) is 19.5 Å². The highest BCUT2D eigenvalue weighted by atomic mass is 35.5. The standard InChI is InChI=1S/C22H24ClN7/c1-12-5-20(28-30-11-15(4)26-22(12)30)19-7-18(23)17-6-16(8-24-21(17)27-19)29-9-13(2)25-14(3)10-29/h5-8,11,13-14,25H,9-10H2,1-4H3. The molecule has 154 valence electrons. The number of hydrogen-bond acceptors (Lipinski definition) is 6. The number of aryl methyl sites for hydroxylation is 2. The third-order valence-corrected chi connectivity index (χ3v) is 5.83. The van der Waals surface area contributed by atoms with Crippen molar-refractivity contribution < 1.29 is 0 Å². The molecule has 1 saturated heterocycles. The van der Waals surface area contributed by atoms with E-state index in [-0.39, 0.29) is 0 Å². The summed E-state index contributed by atoms with van der Waals surface area (Å²) in [5.74, 6) is 0. The van der Waals surface area contributed by atoms with E-state index < -0.39 is 0 Å². The smallest absolute Gasteiger partial charge is 0.161 e. The lowest BCUT2D eigenvalue weighted by molar-refractivity contribution is 0.407. The largest absolute Gasteiger partial charge is 0.367 e. The van der Waals surface area contributed by atoms with Crippen LogP contribution < -0.4 is 10.2 Å². The monoisotopic (exact) mass is 421 g/mol. The van der Waals surface area contributed by atoms with Gasteiger partial charge in [-0.3, -0.25) is 0 Å². The Morgan fingerprint density at radius 2 is 1.80 bits per heavy atom. The fraction of sp³-hybridized carbons (Fsp3) is 0.364. The molecule has 30 heavy (non-hydrogen) atoms. The molecule has 0 bridgehead atoms. The van der Waals surface area contributed by atoms with Crippen LogP contribution in [0.3, 0.4) is 0 Å². The minimum atomic E-state index is 0.427. The lowest BCUT2D eigenvalue weighted by Crippen LogP contribution is -2.54. The summed E-state index contributed by atoms with van der Waals surface area (Å²) in [5.41, 5.74) is 5.97. The highest BCUT2D eigenvalue weighted by Crippen LogP contribution is 2.30. The van der Waals surface area contributed by atoms with Crippen LogP contribution in [0.2, 0.25) is 5.02 Å². The van der Waals surface area contributed by atoms with Crippen molar-refractivity contribution in [3.8, 4) is 11.4 Å². The third kappa shape index (κ3) is 3.38. The Hall–Kier alpha value is -2.77. The van der Waals surface area contributed by atoms with Gasteiger partial charge in [-0.1, -0.05) is 11.6 Å². The van der Waals surface area contributed by atoms with E-state index in [1.807, 2.05) is 38.4 Å². The summed E-state index contributed by atoms with van der Waals surface area (Å²) in [5, 5.41) is 9.71. The summed E-state index contributed by atoms with van der Waals surface area (Å²) in [6.07, 6.45) is 3.80. The molecule has 0 radical (unpaired) electrons. The first kappa shape index (κ1) is 19.2. The van der Waals surface area contributed by atoms with Crippen molar-refractivity contribution in [3.63, 3.8) is 0 Å². The third-order valence-electron chi connectivity index (χ3n) is 5.51. The zero-order valence-electron chi connectivity index (χ0n) is 17.5. The lowest BCUT2D eigenvalue weighted by atomic mass is 10.1. The van der Waals surface area contributed by atoms with Crippen LogP contribution in [0.5, 0.6) is 0 Å². The highest BCUT2D eigenvalue weighted by molar-refractivity contribution is 6.35. The van der Waals surface area contributed by atoms with Crippen molar-refractivity contribution in [2.45, 2.75) is 39.8 Å². The van der Waals surface area contributed by atoms with Crippen LogP contribution in [-0.4, -0.2) is 49.7 Å². The number of piperazine rings is 1. The molecule has 2 unspecified atom stereocenters. The second-order valence-corrected chi connectivity index (χ2v) is 8.70. The van der Waals surface area contributed by atoms with E-state index in [9.17, 15) is 0 Å². The van der Waals surface area contributed by atoms with Crippen molar-refractivity contribution in [2.24, 2.45) is 0 Å². The average molecular weight is 422 g/mol. The molecule has 0 saturated carbocycles. The number of halogens is 1. The Morgan fingerprint density at radius 1 is 1.03 bits per heavy atom. The number of imidazole rings is 1. The fourth-order valence-corrected chi connectivity index (χ4v) is 4.51. The number of nitrogens with zero attached hydrogens (tertiary/aromatic N) is 6. The number of anilines is 1. The van der Waals surface area contributed by atoms with Gasteiger partial charge in [-0.05, 0) is 51.5 Å². The van der Waals surface area contributed by atoms with Gasteiger partial charge in [-0.15, -0.1) is 0 Å². The van der Waals surface area contributed by atoms with Gasteiger partial charge in [-0.2, -0.15) is 5.10 Å². The summed E-state index contributed by atoms with van der Waals surface area (Å²) in [4.78, 5) is 16.3. The second kappa shape index (κ2) is 7.18. The van der Waals surface area contributed by atoms with E-state index in [1.54, 1.807) is 4.52 Å². The first-order valence-corrected chi connectivity index (χ1v) is 10.6. The van der Waals surface area contributed by atoms with Gasteiger partial charge in [0, 0.05) is 30.6 Å². The topological polar surface area (TPSA) is 71.2 Å². The van der Waals surface area contributed by atoms with Crippen molar-refractivity contribution in [2.75, 3.05) is 18.0 Å². The number of aromatic nitrogens is 5. The van der Waals surface area contributed by atoms with Gasteiger partial charge in [0.15, 0.2) is 11.3 Å². The quantitative estimate of drug-likeness (QED) is 0.531. The zero-order valence-corrected chi connectivity index (χ0v) is 18.3. The van der Waals surface area contributed by atoms with Gasteiger partial charge < -0.3 is 10.2 Å². The maximum atomic E-state index is 6.68. The molecule has 5 rings (SSSR count). The Labute approximate surface area is 180 Å². The molecule has 8 heteroatoms. The Morgan fingerprint density at radius 3 is 2.57 bits per heavy atom. The maximum Gasteiger partial charge on any atom is 0.161 e. The molecule has 5 heterocycles. The fourth-order valence-electron chi connectivity index (χ4n) is 4.27. The van der Waals surface area contributed by atoms with Gasteiger partial charge in [0.05, 0.1) is 34.5 Å². The molecule has 1 N–H and O–H groups in total. The summed E-state index contributed by atoms with van der Waals surface area (Å²) in [7, 11) is 0. The van der Waals surface area contributed by atoms with Crippen molar-refractivity contribution in [1.29, 1.82) is 0 Å². The normalized spacial score (nSPS) is 19.7. The van der Waals surface area contributed by atoms with E-state index in [0.717, 1.165) is 46.8 Å². The van der Waals surface area contributed by atoms with Crippen LogP contribution in [0.1, 0.15) is 25.1 Å². The number of rotatable bonds is 2. The van der Waals surface area contributed by atoms with Crippen LogP contribution in [0.15, 0.2) is 30.6 Å². The molecule has 7 nitrogen and oxygen atoms in total. The molecule has 0 aromatic carbocycles. The lowest BCUT2D eigenvalue weighted by Gasteiger charge is -2.37. The Kier molecular flexibility index (Phi) is 4.60. The summed E-state index contributed by atoms with van der Waals surface area (Å²) < 4.78 is 1.79. The molecular formula is C22H24ClN7. The van der Waals surface area contributed by atoms with E-state index in [2.05, 4.69) is 45.2 Å². The molecule has 4 aromatic heterocycles. The minimum absolute atomic E-state index is 0.427. The van der Waals surface area contributed by atoms with E-state index >= 15 is 0 Å². The predicted molar refractivity (Wildman–Crippen MR) is 120 cm³/mol. The second-order valence-electron chi connectivity index (χ2n) is 8.29. The number of fused-ring (bicyclic) bond motifs is 2. The molecule has 0 amide bonds. The van der Waals surface area contributed by atoms with E-state index in [4.69, 9.17) is 16.6 Å². The Balaban J connectivity index is 1.56. The summed E-state index contributed by atoms with van der Waals surface area (Å²) in [6.45, 7) is 10.3. The molecule has 1 aliphatic heterocycles. The molecule has 1 fully saturated rings. The van der Waals surface area contributed by atoms with Crippen LogP contribution in [0.4, 0.5) is 5.69 Å². The van der Waals surface area contributed by atoms with Crippen molar-refractivity contribution >= 4 is 34.0 Å². The highest BCUT2D eigenvalue weighted by Gasteiger charge is 2.22. The maximum absolute atomic E-state index is 6.68. The molecule has 4 aromatic rings.